The molecule has 1 aromatic carbocycles. The molecule has 0 amide bonds. The number of likely N-dealkylation sites (N-methyl/N-ethyl adjacent to an activating group) is 1. The summed E-state index contributed by atoms with van der Waals surface area (Å²) in [7, 11) is 2.09. The first-order valence-electron chi connectivity index (χ1n) is 11.5. The highest BCUT2D eigenvalue weighted by Gasteiger charge is 2.39. The van der Waals surface area contributed by atoms with Gasteiger partial charge in [0, 0.05) is 29.2 Å². The van der Waals surface area contributed by atoms with Gasteiger partial charge in [-0.25, -0.2) is 24.2 Å². The Morgan fingerprint density at radius 2 is 1.63 bits per heavy atom. The predicted molar refractivity (Wildman–Crippen MR) is 134 cm³/mol. The van der Waals surface area contributed by atoms with Crippen LogP contribution in [0.3, 0.4) is 0 Å². The van der Waals surface area contributed by atoms with Gasteiger partial charge in [-0.1, -0.05) is 11.6 Å². The van der Waals surface area contributed by atoms with Gasteiger partial charge in [-0.05, 0) is 39.4 Å². The molecule has 11 nitrogen and oxygen atoms in total. The van der Waals surface area contributed by atoms with Crippen LogP contribution in [0.15, 0.2) is 12.4 Å². The van der Waals surface area contributed by atoms with E-state index in [0.29, 0.717) is 18.1 Å². The van der Waals surface area contributed by atoms with Crippen LogP contribution in [0.25, 0.3) is 11.0 Å². The van der Waals surface area contributed by atoms with Crippen molar-refractivity contribution in [2.75, 3.05) is 25.9 Å². The van der Waals surface area contributed by atoms with Crippen LogP contribution in [-0.4, -0.2) is 79.4 Å². The normalized spacial score (nSPS) is 14.4. The Morgan fingerprint density at radius 1 is 1.10 bits per heavy atom. The SMILES string of the molecule is Cc1c(Cl)cc(C(C)n2nc(C)c3c(N)ncnc32)c2c1CN(C)CCO2.O=C(O)C(F)(F)F.O=C(O)C(F)(F)F. The summed E-state index contributed by atoms with van der Waals surface area (Å²) in [5, 5.41) is 20.5. The topological polar surface area (TPSA) is 157 Å². The van der Waals surface area contributed by atoms with Crippen LogP contribution in [0.2, 0.25) is 5.02 Å². The fourth-order valence-electron chi connectivity index (χ4n) is 3.69. The lowest BCUT2D eigenvalue weighted by atomic mass is 9.98. The first kappa shape index (κ1) is 33.3. The molecule has 1 unspecified atom stereocenters. The number of ether oxygens (including phenoxy) is 1. The summed E-state index contributed by atoms with van der Waals surface area (Å²) in [5.74, 6) is -4.17. The second kappa shape index (κ2) is 12.8. The number of nitrogens with two attached hydrogens (primary N) is 1. The van der Waals surface area contributed by atoms with Crippen molar-refractivity contribution in [3.63, 3.8) is 0 Å². The van der Waals surface area contributed by atoms with Crippen molar-refractivity contribution in [3.8, 4) is 5.75 Å². The zero-order valence-electron chi connectivity index (χ0n) is 21.9. The molecule has 0 saturated carbocycles. The van der Waals surface area contributed by atoms with Crippen molar-refractivity contribution >= 4 is 40.4 Å². The first-order chi connectivity index (χ1) is 18.8. The van der Waals surface area contributed by atoms with Crippen LogP contribution in [0.1, 0.15) is 35.3 Å². The molecule has 41 heavy (non-hydrogen) atoms. The molecule has 3 heterocycles. The van der Waals surface area contributed by atoms with Gasteiger partial charge in [0.1, 0.15) is 24.5 Å². The van der Waals surface area contributed by atoms with Crippen LogP contribution < -0.4 is 10.5 Å². The number of carboxylic acid groups (broad SMARTS) is 2. The number of hydrogen-bond acceptors (Lipinski definition) is 8. The van der Waals surface area contributed by atoms with E-state index in [1.54, 1.807) is 0 Å². The molecule has 4 rings (SSSR count). The Labute approximate surface area is 233 Å². The quantitative estimate of drug-likeness (QED) is 0.354. The summed E-state index contributed by atoms with van der Waals surface area (Å²) >= 11 is 6.58. The molecule has 1 aliphatic rings. The highest BCUT2D eigenvalue weighted by molar-refractivity contribution is 6.31. The van der Waals surface area contributed by atoms with Crippen molar-refractivity contribution in [2.45, 2.75) is 45.7 Å². The van der Waals surface area contributed by atoms with Gasteiger partial charge in [0.25, 0.3) is 0 Å². The number of rotatable bonds is 2. The molecule has 18 heteroatoms. The van der Waals surface area contributed by atoms with Crippen molar-refractivity contribution in [1.82, 2.24) is 24.6 Å². The van der Waals surface area contributed by atoms with Gasteiger partial charge in [-0.15, -0.1) is 0 Å². The highest BCUT2D eigenvalue weighted by Crippen LogP contribution is 2.39. The molecule has 0 fully saturated rings. The maximum absolute atomic E-state index is 10.6. The minimum atomic E-state index is -5.08. The lowest BCUT2D eigenvalue weighted by molar-refractivity contribution is -0.193. The fourth-order valence-corrected chi connectivity index (χ4v) is 3.93. The van der Waals surface area contributed by atoms with E-state index in [0.717, 1.165) is 51.6 Å². The summed E-state index contributed by atoms with van der Waals surface area (Å²) in [6.45, 7) is 8.34. The third kappa shape index (κ3) is 8.09. The molecule has 0 bridgehead atoms. The molecule has 0 aliphatic carbocycles. The molecule has 0 saturated heterocycles. The smallest absolute Gasteiger partial charge is 0.490 e. The molecule has 3 aromatic rings. The van der Waals surface area contributed by atoms with E-state index in [-0.39, 0.29) is 6.04 Å². The number of hydrogen-bond donors (Lipinski definition) is 3. The van der Waals surface area contributed by atoms with Gasteiger partial charge in [-0.3, -0.25) is 4.90 Å². The lowest BCUT2D eigenvalue weighted by Crippen LogP contribution is -2.21. The van der Waals surface area contributed by atoms with Crippen molar-refractivity contribution in [2.24, 2.45) is 0 Å². The molecular formula is C23H25ClF6N6O5. The number of aromatic nitrogens is 4. The van der Waals surface area contributed by atoms with Gasteiger partial charge in [0.05, 0.1) is 17.1 Å². The highest BCUT2D eigenvalue weighted by atomic mass is 35.5. The van der Waals surface area contributed by atoms with Gasteiger partial charge in [0.2, 0.25) is 0 Å². The number of nitrogens with zero attached hydrogens (tertiary/aromatic N) is 5. The molecule has 1 aliphatic heterocycles. The van der Waals surface area contributed by atoms with E-state index < -0.39 is 24.3 Å². The van der Waals surface area contributed by atoms with Gasteiger partial charge < -0.3 is 20.7 Å². The Kier molecular flexibility index (Phi) is 10.4. The number of alkyl halides is 6. The van der Waals surface area contributed by atoms with E-state index in [1.807, 2.05) is 24.6 Å². The second-order valence-corrected chi connectivity index (χ2v) is 9.14. The number of aliphatic carboxylic acids is 2. The van der Waals surface area contributed by atoms with Gasteiger partial charge >= 0.3 is 24.3 Å². The minimum absolute atomic E-state index is 0.120. The van der Waals surface area contributed by atoms with Crippen LogP contribution in [0, 0.1) is 13.8 Å². The van der Waals surface area contributed by atoms with Crippen LogP contribution >= 0.6 is 11.6 Å². The average Bonchev–Trinajstić information content (AvgIpc) is 3.06. The number of fused-ring (bicyclic) bond motifs is 2. The average molecular weight is 615 g/mol. The van der Waals surface area contributed by atoms with E-state index in [2.05, 4.69) is 28.8 Å². The molecule has 0 spiro atoms. The van der Waals surface area contributed by atoms with Crippen molar-refractivity contribution in [3.05, 3.63) is 39.8 Å². The number of halogens is 7. The maximum Gasteiger partial charge on any atom is 0.490 e. The monoisotopic (exact) mass is 614 g/mol. The fraction of sp³-hybridized carbons (Fsp3) is 0.435. The molecule has 226 valence electrons. The van der Waals surface area contributed by atoms with E-state index in [4.69, 9.17) is 47.0 Å². The molecule has 0 radical (unpaired) electrons. The van der Waals surface area contributed by atoms with Crippen LogP contribution in [-0.2, 0) is 16.1 Å². The number of anilines is 1. The number of carboxylic acids is 2. The second-order valence-electron chi connectivity index (χ2n) is 8.74. The molecule has 4 N–H and O–H groups in total. The Balaban J connectivity index is 0.000000349. The maximum atomic E-state index is 10.6. The summed E-state index contributed by atoms with van der Waals surface area (Å²) < 4.78 is 71.5. The molecule has 2 aromatic heterocycles. The Morgan fingerprint density at radius 3 is 2.15 bits per heavy atom. The first-order valence-corrected chi connectivity index (χ1v) is 11.8. The molecule has 1 atom stereocenters. The Bertz CT molecular complexity index is 1400. The third-order valence-corrected chi connectivity index (χ3v) is 6.16. The number of benzene rings is 1. The zero-order chi connectivity index (χ0) is 31.4. The predicted octanol–water partition coefficient (Wildman–Crippen LogP) is 4.38. The largest absolute Gasteiger partial charge is 0.492 e. The molecular weight excluding hydrogens is 590 g/mol. The Hall–Kier alpha value is -3.86. The summed E-state index contributed by atoms with van der Waals surface area (Å²) in [6, 6.07) is 1.87. The number of aryl methyl sites for hydroxylation is 1. The van der Waals surface area contributed by atoms with Crippen molar-refractivity contribution in [1.29, 1.82) is 0 Å². The van der Waals surface area contributed by atoms with E-state index in [9.17, 15) is 26.3 Å². The number of nitrogen functional groups attached to an aromatic ring is 1. The summed E-state index contributed by atoms with van der Waals surface area (Å²) in [4.78, 5) is 28.5. The lowest BCUT2D eigenvalue weighted by Gasteiger charge is -2.22. The van der Waals surface area contributed by atoms with Gasteiger partial charge in [-0.2, -0.15) is 31.4 Å². The van der Waals surface area contributed by atoms with E-state index in [1.165, 1.54) is 6.33 Å². The summed E-state index contributed by atoms with van der Waals surface area (Å²) in [5.41, 5.74) is 10.7. The van der Waals surface area contributed by atoms with E-state index >= 15 is 0 Å². The minimum Gasteiger partial charge on any atom is -0.492 e. The number of carbonyl (C=O) groups is 2. The standard InChI is InChI=1S/C19H23ClN6O.2C2HF3O2/c1-10-14-8-25(4)5-6-27-17(14)13(7-15(10)20)12(3)26-19-16(11(2)24-26)18(21)22-9-23-19;2*3-2(4,5)1(6)7/h7,9,12H,5-6,8H2,1-4H3,(H2,21,22,23);2*(H,6,7). The summed E-state index contributed by atoms with van der Waals surface area (Å²) in [6.07, 6.45) is -8.70. The zero-order valence-corrected chi connectivity index (χ0v) is 22.7. The third-order valence-electron chi connectivity index (χ3n) is 5.77. The van der Waals surface area contributed by atoms with Crippen LogP contribution in [0.4, 0.5) is 32.2 Å². The van der Waals surface area contributed by atoms with Crippen molar-refractivity contribution < 1.29 is 50.9 Å². The van der Waals surface area contributed by atoms with Crippen LogP contribution in [0.5, 0.6) is 5.75 Å². The van der Waals surface area contributed by atoms with Gasteiger partial charge in [0.15, 0.2) is 5.65 Å².